The van der Waals surface area contributed by atoms with Gasteiger partial charge in [0.15, 0.2) is 0 Å². The number of amides is 1. The van der Waals surface area contributed by atoms with Gasteiger partial charge in [-0.1, -0.05) is 18.5 Å². The van der Waals surface area contributed by atoms with Gasteiger partial charge in [-0.2, -0.15) is 0 Å². The van der Waals surface area contributed by atoms with Crippen LogP contribution in [0, 0.1) is 0 Å². The van der Waals surface area contributed by atoms with E-state index in [1.54, 1.807) is 24.3 Å². The third kappa shape index (κ3) is 4.70. The lowest BCUT2D eigenvalue weighted by molar-refractivity contribution is 0.0754. The quantitative estimate of drug-likeness (QED) is 0.927. The predicted octanol–water partition coefficient (Wildman–Crippen LogP) is 2.26. The molecule has 1 saturated heterocycles. The Morgan fingerprint density at radius 2 is 1.95 bits per heavy atom. The standard InChI is InChI=1S/C16H23ClN2O2/c1-2-15(20)12-18-8-3-9-19(11-10-18)16(21)13-4-6-14(17)7-5-13/h4-7,15,20H,2-3,8-12H2,1H3/t15-/m1/s1. The van der Waals surface area contributed by atoms with Crippen LogP contribution >= 0.6 is 11.6 Å². The first-order chi connectivity index (χ1) is 10.1. The number of β-amino-alcohol motifs (C(OH)–C–C–N with tert-alkyl or cyclic N) is 1. The van der Waals surface area contributed by atoms with Gasteiger partial charge in [-0.3, -0.25) is 9.69 Å². The van der Waals surface area contributed by atoms with Crippen molar-refractivity contribution in [1.29, 1.82) is 0 Å². The SMILES string of the molecule is CC[C@@H](O)CN1CCCN(C(=O)c2ccc(Cl)cc2)CC1. The number of hydrogen-bond donors (Lipinski definition) is 1. The summed E-state index contributed by atoms with van der Waals surface area (Å²) in [6.45, 7) is 5.90. The molecule has 0 aromatic heterocycles. The Hall–Kier alpha value is -1.10. The first kappa shape index (κ1) is 16.3. The highest BCUT2D eigenvalue weighted by atomic mass is 35.5. The van der Waals surface area contributed by atoms with Gasteiger partial charge in [0.05, 0.1) is 6.10 Å². The molecule has 0 bridgehead atoms. The second-order valence-electron chi connectivity index (χ2n) is 5.52. The van der Waals surface area contributed by atoms with Gasteiger partial charge in [-0.25, -0.2) is 0 Å². The van der Waals surface area contributed by atoms with E-state index < -0.39 is 0 Å². The number of rotatable bonds is 4. The minimum Gasteiger partial charge on any atom is -0.392 e. The first-order valence-corrected chi connectivity index (χ1v) is 7.93. The van der Waals surface area contributed by atoms with E-state index in [1.165, 1.54) is 0 Å². The lowest BCUT2D eigenvalue weighted by atomic mass is 10.2. The molecule has 1 aliphatic rings. The summed E-state index contributed by atoms with van der Waals surface area (Å²) in [6.07, 6.45) is 1.43. The normalized spacial score (nSPS) is 18.3. The highest BCUT2D eigenvalue weighted by Crippen LogP contribution is 2.13. The zero-order chi connectivity index (χ0) is 15.2. The number of hydrogen-bond acceptors (Lipinski definition) is 3. The molecule has 4 nitrogen and oxygen atoms in total. The Balaban J connectivity index is 1.93. The van der Waals surface area contributed by atoms with Crippen molar-refractivity contribution in [2.75, 3.05) is 32.7 Å². The van der Waals surface area contributed by atoms with Gasteiger partial charge in [0, 0.05) is 36.8 Å². The van der Waals surface area contributed by atoms with E-state index in [2.05, 4.69) is 4.90 Å². The molecule has 5 heteroatoms. The van der Waals surface area contributed by atoms with Gasteiger partial charge in [0.2, 0.25) is 0 Å². The van der Waals surface area contributed by atoms with Crippen molar-refractivity contribution >= 4 is 17.5 Å². The van der Waals surface area contributed by atoms with E-state index in [-0.39, 0.29) is 12.0 Å². The van der Waals surface area contributed by atoms with E-state index in [9.17, 15) is 9.90 Å². The molecule has 1 atom stereocenters. The molecule has 1 heterocycles. The van der Waals surface area contributed by atoms with Crippen molar-refractivity contribution in [1.82, 2.24) is 9.80 Å². The molecule has 0 radical (unpaired) electrons. The molecule has 1 fully saturated rings. The van der Waals surface area contributed by atoms with Gasteiger partial charge in [-0.15, -0.1) is 0 Å². The monoisotopic (exact) mass is 310 g/mol. The Kier molecular flexibility index (Phi) is 6.03. The number of nitrogens with zero attached hydrogens (tertiary/aromatic N) is 2. The zero-order valence-electron chi connectivity index (χ0n) is 12.5. The van der Waals surface area contributed by atoms with E-state index in [1.807, 2.05) is 11.8 Å². The van der Waals surface area contributed by atoms with Gasteiger partial charge in [0.25, 0.3) is 5.91 Å². The topological polar surface area (TPSA) is 43.8 Å². The van der Waals surface area contributed by atoms with Gasteiger partial charge < -0.3 is 10.0 Å². The molecular weight excluding hydrogens is 288 g/mol. The minimum atomic E-state index is -0.275. The maximum Gasteiger partial charge on any atom is 0.253 e. The smallest absolute Gasteiger partial charge is 0.253 e. The van der Waals surface area contributed by atoms with Crippen LogP contribution in [-0.4, -0.2) is 59.6 Å². The van der Waals surface area contributed by atoms with Crippen LogP contribution in [0.1, 0.15) is 30.1 Å². The summed E-state index contributed by atoms with van der Waals surface area (Å²) in [5.74, 6) is 0.0598. The summed E-state index contributed by atoms with van der Waals surface area (Å²) in [4.78, 5) is 16.6. The van der Waals surface area contributed by atoms with Gasteiger partial charge >= 0.3 is 0 Å². The molecule has 21 heavy (non-hydrogen) atoms. The van der Waals surface area contributed by atoms with Crippen LogP contribution in [0.15, 0.2) is 24.3 Å². The Bertz CT molecular complexity index is 464. The maximum absolute atomic E-state index is 12.5. The van der Waals surface area contributed by atoms with Crippen LogP contribution in [0.5, 0.6) is 0 Å². The number of halogens is 1. The molecule has 0 saturated carbocycles. The lowest BCUT2D eigenvalue weighted by Gasteiger charge is -2.23. The average molecular weight is 311 g/mol. The highest BCUT2D eigenvalue weighted by molar-refractivity contribution is 6.30. The van der Waals surface area contributed by atoms with Gasteiger partial charge in [-0.05, 0) is 43.7 Å². The minimum absolute atomic E-state index is 0.0598. The Morgan fingerprint density at radius 1 is 1.24 bits per heavy atom. The van der Waals surface area contributed by atoms with Crippen molar-refractivity contribution < 1.29 is 9.90 Å². The molecule has 0 unspecified atom stereocenters. The van der Waals surface area contributed by atoms with Crippen molar-refractivity contribution in [3.8, 4) is 0 Å². The van der Waals surface area contributed by atoms with Crippen LogP contribution in [-0.2, 0) is 0 Å². The van der Waals surface area contributed by atoms with Crippen LogP contribution in [0.2, 0.25) is 5.02 Å². The summed E-state index contributed by atoms with van der Waals surface area (Å²) >= 11 is 5.85. The number of aliphatic hydroxyl groups excluding tert-OH is 1. The summed E-state index contributed by atoms with van der Waals surface area (Å²) in [6, 6.07) is 7.04. The predicted molar refractivity (Wildman–Crippen MR) is 84.7 cm³/mol. The molecule has 0 aliphatic carbocycles. The van der Waals surface area contributed by atoms with Crippen molar-refractivity contribution in [3.05, 3.63) is 34.9 Å². The van der Waals surface area contributed by atoms with Crippen LogP contribution in [0.4, 0.5) is 0 Å². The van der Waals surface area contributed by atoms with E-state index in [0.29, 0.717) is 23.7 Å². The van der Waals surface area contributed by atoms with Crippen molar-refractivity contribution in [3.63, 3.8) is 0 Å². The third-order valence-electron chi connectivity index (χ3n) is 3.91. The molecule has 0 spiro atoms. The van der Waals surface area contributed by atoms with E-state index in [0.717, 1.165) is 32.5 Å². The lowest BCUT2D eigenvalue weighted by Crippen LogP contribution is -2.37. The van der Waals surface area contributed by atoms with Crippen molar-refractivity contribution in [2.24, 2.45) is 0 Å². The maximum atomic E-state index is 12.5. The molecule has 116 valence electrons. The molecule has 2 rings (SSSR count). The number of carbonyl (C=O) groups is 1. The molecule has 1 aromatic carbocycles. The van der Waals surface area contributed by atoms with Crippen LogP contribution in [0.25, 0.3) is 0 Å². The van der Waals surface area contributed by atoms with E-state index in [4.69, 9.17) is 11.6 Å². The number of aliphatic hydroxyl groups is 1. The Morgan fingerprint density at radius 3 is 2.62 bits per heavy atom. The summed E-state index contributed by atoms with van der Waals surface area (Å²) in [5, 5.41) is 10.4. The molecule has 1 aliphatic heterocycles. The highest BCUT2D eigenvalue weighted by Gasteiger charge is 2.21. The largest absolute Gasteiger partial charge is 0.392 e. The van der Waals surface area contributed by atoms with Gasteiger partial charge in [0.1, 0.15) is 0 Å². The van der Waals surface area contributed by atoms with Crippen molar-refractivity contribution in [2.45, 2.75) is 25.9 Å². The number of carbonyl (C=O) groups excluding carboxylic acids is 1. The summed E-state index contributed by atoms with van der Waals surface area (Å²) in [7, 11) is 0. The fourth-order valence-electron chi connectivity index (χ4n) is 2.56. The Labute approximate surface area is 131 Å². The number of benzene rings is 1. The van der Waals surface area contributed by atoms with Crippen LogP contribution in [0.3, 0.4) is 0 Å². The fourth-order valence-corrected chi connectivity index (χ4v) is 2.68. The second-order valence-corrected chi connectivity index (χ2v) is 5.95. The fraction of sp³-hybridized carbons (Fsp3) is 0.562. The second kappa shape index (κ2) is 7.78. The van der Waals surface area contributed by atoms with E-state index >= 15 is 0 Å². The first-order valence-electron chi connectivity index (χ1n) is 7.55. The van der Waals surface area contributed by atoms with Crippen LogP contribution < -0.4 is 0 Å². The molecule has 1 N–H and O–H groups in total. The molecular formula is C16H23ClN2O2. The zero-order valence-corrected chi connectivity index (χ0v) is 13.2. The molecule has 1 aromatic rings. The average Bonchev–Trinajstić information content (AvgIpc) is 2.73. The summed E-state index contributed by atoms with van der Waals surface area (Å²) in [5.41, 5.74) is 0.682. The molecule has 1 amide bonds. The third-order valence-corrected chi connectivity index (χ3v) is 4.16. The summed E-state index contributed by atoms with van der Waals surface area (Å²) < 4.78 is 0.